The minimum absolute atomic E-state index is 0. The van der Waals surface area contributed by atoms with E-state index in [9.17, 15) is 12.8 Å². The molecule has 132 valence electrons. The molecule has 0 saturated carbocycles. The quantitative estimate of drug-likeness (QED) is 0.389. The summed E-state index contributed by atoms with van der Waals surface area (Å²) in [5.74, 6) is -0.265. The third-order valence-corrected chi connectivity index (χ3v) is 4.99. The minimum Gasteiger partial charge on any atom is -0.355 e. The van der Waals surface area contributed by atoms with E-state index in [1.54, 1.807) is 7.05 Å². The summed E-state index contributed by atoms with van der Waals surface area (Å²) in [6.07, 6.45) is 2.10. The molecular weight excluding hydrogens is 432 g/mol. The van der Waals surface area contributed by atoms with Crippen LogP contribution < -0.4 is 5.32 Å². The van der Waals surface area contributed by atoms with Crippen molar-refractivity contribution in [3.8, 4) is 0 Å². The van der Waals surface area contributed by atoms with Gasteiger partial charge in [-0.3, -0.25) is 4.99 Å². The molecule has 1 rings (SSSR count). The first-order chi connectivity index (χ1) is 10.4. The van der Waals surface area contributed by atoms with Gasteiger partial charge in [0.15, 0.2) is 15.8 Å². The van der Waals surface area contributed by atoms with Gasteiger partial charge in [-0.2, -0.15) is 0 Å². The van der Waals surface area contributed by atoms with Gasteiger partial charge in [-0.25, -0.2) is 12.8 Å². The molecule has 0 spiro atoms. The fourth-order valence-corrected chi connectivity index (χ4v) is 3.23. The van der Waals surface area contributed by atoms with Crippen LogP contribution in [0.25, 0.3) is 0 Å². The van der Waals surface area contributed by atoms with Gasteiger partial charge in [0.05, 0.1) is 5.75 Å². The Labute approximate surface area is 155 Å². The molecule has 0 unspecified atom stereocenters. The van der Waals surface area contributed by atoms with Crippen LogP contribution in [0.15, 0.2) is 34.2 Å². The van der Waals surface area contributed by atoms with Crippen molar-refractivity contribution in [2.24, 2.45) is 4.99 Å². The molecule has 1 aromatic carbocycles. The zero-order valence-electron chi connectivity index (χ0n) is 13.8. The summed E-state index contributed by atoms with van der Waals surface area (Å²) in [5, 5.41) is 3.00. The summed E-state index contributed by atoms with van der Waals surface area (Å²) in [4.78, 5) is 5.80. The van der Waals surface area contributed by atoms with Crippen LogP contribution in [0, 0.1) is 5.82 Å². The molecule has 0 bridgehead atoms. The number of sulfone groups is 1. The Morgan fingerprint density at radius 3 is 2.57 bits per heavy atom. The SMILES string of the molecule is CCCCN(C)C(=NC)NCCS(=O)(=O)c1ccccc1F.I. The van der Waals surface area contributed by atoms with Crippen molar-refractivity contribution < 1.29 is 12.8 Å². The van der Waals surface area contributed by atoms with E-state index in [0.717, 1.165) is 25.5 Å². The summed E-state index contributed by atoms with van der Waals surface area (Å²) >= 11 is 0. The number of rotatable bonds is 7. The maximum absolute atomic E-state index is 13.6. The summed E-state index contributed by atoms with van der Waals surface area (Å²) < 4.78 is 37.8. The minimum atomic E-state index is -3.65. The zero-order valence-corrected chi connectivity index (χ0v) is 16.9. The maximum Gasteiger partial charge on any atom is 0.193 e. The Kier molecular flexibility index (Phi) is 10.4. The lowest BCUT2D eigenvalue weighted by Crippen LogP contribution is -2.41. The molecule has 0 aliphatic rings. The van der Waals surface area contributed by atoms with Gasteiger partial charge >= 0.3 is 0 Å². The van der Waals surface area contributed by atoms with Crippen LogP contribution in [0.2, 0.25) is 0 Å². The number of guanidine groups is 1. The number of unbranched alkanes of at least 4 members (excludes halogenated alkanes) is 1. The number of nitrogens with zero attached hydrogens (tertiary/aromatic N) is 2. The van der Waals surface area contributed by atoms with Crippen molar-refractivity contribution in [2.75, 3.05) is 32.9 Å². The highest BCUT2D eigenvalue weighted by molar-refractivity contribution is 14.0. The predicted octanol–water partition coefficient (Wildman–Crippen LogP) is 2.52. The van der Waals surface area contributed by atoms with Crippen LogP contribution in [0.4, 0.5) is 4.39 Å². The number of nitrogens with one attached hydrogen (secondary N) is 1. The first-order valence-electron chi connectivity index (χ1n) is 7.31. The molecule has 0 aliphatic heterocycles. The zero-order chi connectivity index (χ0) is 16.6. The summed E-state index contributed by atoms with van der Waals surface area (Å²) in [6, 6.07) is 5.42. The molecule has 0 aromatic heterocycles. The molecule has 23 heavy (non-hydrogen) atoms. The molecular formula is C15H25FIN3O2S. The van der Waals surface area contributed by atoms with Crippen LogP contribution in [0.3, 0.4) is 0 Å². The van der Waals surface area contributed by atoms with Crippen molar-refractivity contribution in [1.82, 2.24) is 10.2 Å². The van der Waals surface area contributed by atoms with Crippen molar-refractivity contribution in [2.45, 2.75) is 24.7 Å². The second kappa shape index (κ2) is 10.8. The highest BCUT2D eigenvalue weighted by Crippen LogP contribution is 2.14. The van der Waals surface area contributed by atoms with Gasteiger partial charge in [-0.15, -0.1) is 24.0 Å². The van der Waals surface area contributed by atoms with Crippen molar-refractivity contribution >= 4 is 39.8 Å². The van der Waals surface area contributed by atoms with E-state index in [4.69, 9.17) is 0 Å². The van der Waals surface area contributed by atoms with E-state index in [1.165, 1.54) is 18.2 Å². The number of hydrogen-bond acceptors (Lipinski definition) is 3. The molecule has 0 amide bonds. The van der Waals surface area contributed by atoms with Crippen LogP contribution in [0.5, 0.6) is 0 Å². The maximum atomic E-state index is 13.6. The van der Waals surface area contributed by atoms with Gasteiger partial charge in [0.2, 0.25) is 0 Å². The molecule has 0 saturated heterocycles. The van der Waals surface area contributed by atoms with Gasteiger partial charge in [-0.1, -0.05) is 25.5 Å². The van der Waals surface area contributed by atoms with Crippen LogP contribution >= 0.6 is 24.0 Å². The third-order valence-electron chi connectivity index (χ3n) is 3.25. The fourth-order valence-electron chi connectivity index (χ4n) is 1.99. The lowest BCUT2D eigenvalue weighted by atomic mass is 10.3. The van der Waals surface area contributed by atoms with Crippen molar-refractivity contribution in [3.05, 3.63) is 30.1 Å². The van der Waals surface area contributed by atoms with E-state index < -0.39 is 15.7 Å². The van der Waals surface area contributed by atoms with Gasteiger partial charge in [0, 0.05) is 27.2 Å². The van der Waals surface area contributed by atoms with E-state index >= 15 is 0 Å². The average molecular weight is 457 g/mol. The molecule has 0 heterocycles. The fraction of sp³-hybridized carbons (Fsp3) is 0.533. The monoisotopic (exact) mass is 457 g/mol. The van der Waals surface area contributed by atoms with Crippen LogP contribution in [-0.2, 0) is 9.84 Å². The molecule has 0 aliphatic carbocycles. The lowest BCUT2D eigenvalue weighted by Gasteiger charge is -2.21. The van der Waals surface area contributed by atoms with E-state index in [0.29, 0.717) is 5.96 Å². The van der Waals surface area contributed by atoms with Crippen molar-refractivity contribution in [1.29, 1.82) is 0 Å². The first-order valence-corrected chi connectivity index (χ1v) is 8.96. The van der Waals surface area contributed by atoms with E-state index in [-0.39, 0.29) is 41.2 Å². The largest absolute Gasteiger partial charge is 0.355 e. The number of benzene rings is 1. The van der Waals surface area contributed by atoms with Gasteiger partial charge in [0.1, 0.15) is 10.7 Å². The highest BCUT2D eigenvalue weighted by Gasteiger charge is 2.18. The predicted molar refractivity (Wildman–Crippen MR) is 103 cm³/mol. The smallest absolute Gasteiger partial charge is 0.193 e. The molecule has 1 N–H and O–H groups in total. The van der Waals surface area contributed by atoms with Crippen LogP contribution in [-0.4, -0.2) is 52.2 Å². The van der Waals surface area contributed by atoms with Crippen LogP contribution in [0.1, 0.15) is 19.8 Å². The standard InChI is InChI=1S/C15H24FN3O2S.HI/c1-4-5-11-19(3)15(17-2)18-10-12-22(20,21)14-9-7-6-8-13(14)16;/h6-9H,4-5,10-12H2,1-3H3,(H,17,18);1H. The first kappa shape index (κ1) is 22.1. The topological polar surface area (TPSA) is 61.8 Å². The van der Waals surface area contributed by atoms with Crippen molar-refractivity contribution in [3.63, 3.8) is 0 Å². The summed E-state index contributed by atoms with van der Waals surface area (Å²) in [5.41, 5.74) is 0. The molecule has 0 fully saturated rings. The van der Waals surface area contributed by atoms with E-state index in [1.807, 2.05) is 11.9 Å². The number of halogens is 2. The highest BCUT2D eigenvalue weighted by atomic mass is 127. The molecule has 0 radical (unpaired) electrons. The lowest BCUT2D eigenvalue weighted by molar-refractivity contribution is 0.466. The summed E-state index contributed by atoms with van der Waals surface area (Å²) in [6.45, 7) is 3.13. The average Bonchev–Trinajstić information content (AvgIpc) is 2.49. The second-order valence-electron chi connectivity index (χ2n) is 5.00. The summed E-state index contributed by atoms with van der Waals surface area (Å²) in [7, 11) is -0.100. The Hall–Kier alpha value is -0.900. The van der Waals surface area contributed by atoms with Gasteiger partial charge in [0.25, 0.3) is 0 Å². The Bertz CT molecular complexity index is 608. The van der Waals surface area contributed by atoms with Gasteiger partial charge in [-0.05, 0) is 18.6 Å². The molecule has 8 heteroatoms. The second-order valence-corrected chi connectivity index (χ2v) is 7.08. The van der Waals surface area contributed by atoms with Gasteiger partial charge < -0.3 is 10.2 Å². The molecule has 5 nitrogen and oxygen atoms in total. The number of hydrogen-bond donors (Lipinski definition) is 1. The molecule has 1 aromatic rings. The number of aliphatic imine (C=N–C) groups is 1. The molecule has 0 atom stereocenters. The third kappa shape index (κ3) is 7.03. The Morgan fingerprint density at radius 2 is 2.00 bits per heavy atom. The van der Waals surface area contributed by atoms with E-state index in [2.05, 4.69) is 17.2 Å². The normalized spacial score (nSPS) is 11.7. The Morgan fingerprint density at radius 1 is 1.35 bits per heavy atom. The Balaban J connectivity index is 0.00000484.